The van der Waals surface area contributed by atoms with Crippen LogP contribution in [0.4, 0.5) is 5.69 Å². The first kappa shape index (κ1) is 20.8. The van der Waals surface area contributed by atoms with Gasteiger partial charge in [-0.1, -0.05) is 17.7 Å². The zero-order chi connectivity index (χ0) is 21.0. The van der Waals surface area contributed by atoms with Crippen molar-refractivity contribution in [3.63, 3.8) is 0 Å². The SMILES string of the molecule is COc1ccc(Cl)cc1N[C@@H]1CC(=O)N(CCc2ccc(OC)c(OC)c2)C1=O. The lowest BCUT2D eigenvalue weighted by Crippen LogP contribution is -2.36. The maximum atomic E-state index is 12.8. The van der Waals surface area contributed by atoms with Gasteiger partial charge in [0.15, 0.2) is 11.5 Å². The van der Waals surface area contributed by atoms with E-state index in [1.807, 2.05) is 12.1 Å². The van der Waals surface area contributed by atoms with E-state index in [1.54, 1.807) is 38.5 Å². The third-order valence-corrected chi connectivity index (χ3v) is 5.04. The van der Waals surface area contributed by atoms with Gasteiger partial charge in [0, 0.05) is 11.6 Å². The molecule has 0 spiro atoms. The molecule has 2 aromatic carbocycles. The third kappa shape index (κ3) is 4.56. The van der Waals surface area contributed by atoms with Crippen LogP contribution < -0.4 is 19.5 Å². The van der Waals surface area contributed by atoms with E-state index in [0.29, 0.717) is 34.4 Å². The lowest BCUT2D eigenvalue weighted by Gasteiger charge is -2.18. The van der Waals surface area contributed by atoms with Crippen LogP contribution in [0.1, 0.15) is 12.0 Å². The summed E-state index contributed by atoms with van der Waals surface area (Å²) in [5, 5.41) is 3.59. The van der Waals surface area contributed by atoms with Gasteiger partial charge in [-0.25, -0.2) is 0 Å². The second-order valence-corrected chi connectivity index (χ2v) is 7.01. The highest BCUT2D eigenvalue weighted by Gasteiger charge is 2.38. The number of hydrogen-bond donors (Lipinski definition) is 1. The Kier molecular flexibility index (Phi) is 6.49. The van der Waals surface area contributed by atoms with Gasteiger partial charge in [0.1, 0.15) is 11.8 Å². The number of likely N-dealkylation sites (tertiary alicyclic amines) is 1. The first-order valence-corrected chi connectivity index (χ1v) is 9.49. The molecular formula is C21H23ClN2O5. The van der Waals surface area contributed by atoms with E-state index >= 15 is 0 Å². The number of carbonyl (C=O) groups is 2. The van der Waals surface area contributed by atoms with Crippen LogP contribution >= 0.6 is 11.6 Å². The number of benzene rings is 2. The molecule has 8 heteroatoms. The largest absolute Gasteiger partial charge is 0.495 e. The van der Waals surface area contributed by atoms with Crippen LogP contribution in [0.5, 0.6) is 17.2 Å². The average Bonchev–Trinajstić information content (AvgIpc) is 2.99. The van der Waals surface area contributed by atoms with Gasteiger partial charge >= 0.3 is 0 Å². The van der Waals surface area contributed by atoms with Gasteiger partial charge in [0.05, 0.1) is 33.4 Å². The quantitative estimate of drug-likeness (QED) is 0.663. The normalized spacial score (nSPS) is 16.1. The number of imide groups is 1. The van der Waals surface area contributed by atoms with Gasteiger partial charge in [-0.2, -0.15) is 0 Å². The summed E-state index contributed by atoms with van der Waals surface area (Å²) in [6, 6.07) is 9.96. The van der Waals surface area contributed by atoms with Gasteiger partial charge in [-0.3, -0.25) is 14.5 Å². The molecule has 1 atom stereocenters. The molecule has 1 aliphatic rings. The number of rotatable bonds is 8. The molecular weight excluding hydrogens is 396 g/mol. The van der Waals surface area contributed by atoms with Crippen LogP contribution in [0.2, 0.25) is 5.02 Å². The highest BCUT2D eigenvalue weighted by atomic mass is 35.5. The summed E-state index contributed by atoms with van der Waals surface area (Å²) in [5.74, 6) is 1.31. The summed E-state index contributed by atoms with van der Waals surface area (Å²) in [4.78, 5) is 26.5. The summed E-state index contributed by atoms with van der Waals surface area (Å²) >= 11 is 6.04. The summed E-state index contributed by atoms with van der Waals surface area (Å²) in [7, 11) is 4.67. The van der Waals surface area contributed by atoms with E-state index in [2.05, 4.69) is 5.32 Å². The minimum Gasteiger partial charge on any atom is -0.495 e. The monoisotopic (exact) mass is 418 g/mol. The molecule has 2 aromatic rings. The minimum absolute atomic E-state index is 0.0838. The number of nitrogens with zero attached hydrogens (tertiary/aromatic N) is 1. The van der Waals surface area contributed by atoms with Crippen molar-refractivity contribution >= 4 is 29.1 Å². The van der Waals surface area contributed by atoms with E-state index in [-0.39, 0.29) is 24.8 Å². The minimum atomic E-state index is -0.653. The van der Waals surface area contributed by atoms with Crippen molar-refractivity contribution in [1.82, 2.24) is 4.90 Å². The number of methoxy groups -OCH3 is 3. The number of amides is 2. The van der Waals surface area contributed by atoms with E-state index < -0.39 is 6.04 Å². The molecule has 1 heterocycles. The predicted molar refractivity (Wildman–Crippen MR) is 110 cm³/mol. The molecule has 0 radical (unpaired) electrons. The molecule has 1 aliphatic heterocycles. The number of carbonyl (C=O) groups excluding carboxylic acids is 2. The highest BCUT2D eigenvalue weighted by molar-refractivity contribution is 6.31. The van der Waals surface area contributed by atoms with E-state index in [4.69, 9.17) is 25.8 Å². The predicted octanol–water partition coefficient (Wildman–Crippen LogP) is 3.15. The van der Waals surface area contributed by atoms with E-state index in [9.17, 15) is 9.59 Å². The Morgan fingerprint density at radius 1 is 1.00 bits per heavy atom. The zero-order valence-corrected chi connectivity index (χ0v) is 17.3. The molecule has 0 aliphatic carbocycles. The second-order valence-electron chi connectivity index (χ2n) is 6.57. The molecule has 1 N–H and O–H groups in total. The standard InChI is InChI=1S/C21H23ClN2O5/c1-27-17-7-5-14(22)11-15(17)23-16-12-20(25)24(21(16)26)9-8-13-4-6-18(28-2)19(10-13)29-3/h4-7,10-11,16,23H,8-9,12H2,1-3H3/t16-/m1/s1. The molecule has 7 nitrogen and oxygen atoms in total. The fourth-order valence-corrected chi connectivity index (χ4v) is 3.46. The third-order valence-electron chi connectivity index (χ3n) is 4.81. The fraction of sp³-hybridized carbons (Fsp3) is 0.333. The van der Waals surface area contributed by atoms with Crippen molar-refractivity contribution in [2.24, 2.45) is 0 Å². The van der Waals surface area contributed by atoms with E-state index in [0.717, 1.165) is 5.56 Å². The van der Waals surface area contributed by atoms with Crippen LogP contribution in [-0.4, -0.2) is 50.6 Å². The van der Waals surface area contributed by atoms with Crippen LogP contribution in [-0.2, 0) is 16.0 Å². The lowest BCUT2D eigenvalue weighted by atomic mass is 10.1. The Balaban J connectivity index is 1.67. The Labute approximate surface area is 174 Å². The van der Waals surface area contributed by atoms with Crippen molar-refractivity contribution in [2.45, 2.75) is 18.9 Å². The Hall–Kier alpha value is -2.93. The Morgan fingerprint density at radius 3 is 2.38 bits per heavy atom. The molecule has 0 unspecified atom stereocenters. The molecule has 0 saturated carbocycles. The molecule has 29 heavy (non-hydrogen) atoms. The van der Waals surface area contributed by atoms with Gasteiger partial charge in [-0.15, -0.1) is 0 Å². The van der Waals surface area contributed by atoms with Crippen LogP contribution in [0.25, 0.3) is 0 Å². The number of halogens is 1. The number of nitrogens with one attached hydrogen (secondary N) is 1. The number of ether oxygens (including phenoxy) is 3. The van der Waals surface area contributed by atoms with Gasteiger partial charge < -0.3 is 19.5 Å². The summed E-state index contributed by atoms with van der Waals surface area (Å²) in [6.45, 7) is 0.290. The van der Waals surface area contributed by atoms with Gasteiger partial charge in [-0.05, 0) is 42.3 Å². The molecule has 154 valence electrons. The van der Waals surface area contributed by atoms with Gasteiger partial charge in [0.2, 0.25) is 5.91 Å². The second kappa shape index (κ2) is 9.05. The van der Waals surface area contributed by atoms with Crippen molar-refractivity contribution in [3.05, 3.63) is 47.0 Å². The van der Waals surface area contributed by atoms with Crippen LogP contribution in [0, 0.1) is 0 Å². The number of anilines is 1. The Bertz CT molecular complexity index is 918. The maximum absolute atomic E-state index is 12.8. The van der Waals surface area contributed by atoms with Crippen molar-refractivity contribution in [1.29, 1.82) is 0 Å². The zero-order valence-electron chi connectivity index (χ0n) is 16.5. The smallest absolute Gasteiger partial charge is 0.252 e. The maximum Gasteiger partial charge on any atom is 0.252 e. The van der Waals surface area contributed by atoms with E-state index in [1.165, 1.54) is 12.0 Å². The molecule has 2 amide bonds. The Morgan fingerprint density at radius 2 is 1.69 bits per heavy atom. The highest BCUT2D eigenvalue weighted by Crippen LogP contribution is 2.31. The van der Waals surface area contributed by atoms with Crippen molar-refractivity contribution < 1.29 is 23.8 Å². The summed E-state index contributed by atoms with van der Waals surface area (Å²) < 4.78 is 15.8. The summed E-state index contributed by atoms with van der Waals surface area (Å²) in [5.41, 5.74) is 1.52. The average molecular weight is 419 g/mol. The number of hydrogen-bond acceptors (Lipinski definition) is 6. The topological polar surface area (TPSA) is 77.1 Å². The summed E-state index contributed by atoms with van der Waals surface area (Å²) in [6.07, 6.45) is 0.603. The van der Waals surface area contributed by atoms with Crippen LogP contribution in [0.3, 0.4) is 0 Å². The molecule has 1 fully saturated rings. The fourth-order valence-electron chi connectivity index (χ4n) is 3.29. The van der Waals surface area contributed by atoms with Crippen molar-refractivity contribution in [3.8, 4) is 17.2 Å². The lowest BCUT2D eigenvalue weighted by molar-refractivity contribution is -0.138. The van der Waals surface area contributed by atoms with Gasteiger partial charge in [0.25, 0.3) is 5.91 Å². The van der Waals surface area contributed by atoms with Crippen molar-refractivity contribution in [2.75, 3.05) is 33.2 Å². The first-order valence-electron chi connectivity index (χ1n) is 9.12. The van der Waals surface area contributed by atoms with Crippen LogP contribution in [0.15, 0.2) is 36.4 Å². The molecule has 0 bridgehead atoms. The molecule has 3 rings (SSSR count). The molecule has 0 aromatic heterocycles. The first-order chi connectivity index (χ1) is 14.0. The molecule has 1 saturated heterocycles.